The predicted octanol–water partition coefficient (Wildman–Crippen LogP) is 1.47. The Labute approximate surface area is 103 Å². The number of nitrogens with zero attached hydrogens (tertiary/aromatic N) is 2. The lowest BCUT2D eigenvalue weighted by Gasteiger charge is -2.18. The van der Waals surface area contributed by atoms with Crippen LogP contribution >= 0.6 is 0 Å². The van der Waals surface area contributed by atoms with Gasteiger partial charge in [0.15, 0.2) is 0 Å². The first-order valence-corrected chi connectivity index (χ1v) is 6.23. The van der Waals surface area contributed by atoms with Gasteiger partial charge in [-0.3, -0.25) is 4.90 Å². The lowest BCUT2D eigenvalue weighted by Crippen LogP contribution is -2.29. The molecule has 1 saturated heterocycles. The zero-order valence-electron chi connectivity index (χ0n) is 10.6. The van der Waals surface area contributed by atoms with Gasteiger partial charge in [0.2, 0.25) is 0 Å². The molecule has 0 aliphatic carbocycles. The lowest BCUT2D eigenvalue weighted by atomic mass is 10.1. The van der Waals surface area contributed by atoms with Crippen LogP contribution in [0.4, 0.5) is 5.82 Å². The number of anilines is 1. The molecule has 0 saturated carbocycles. The molecule has 1 atom stereocenters. The lowest BCUT2D eigenvalue weighted by molar-refractivity contribution is 0.0677. The first-order valence-electron chi connectivity index (χ1n) is 6.23. The maximum absolute atomic E-state index is 9.91. The second kappa shape index (κ2) is 5.02. The summed E-state index contributed by atoms with van der Waals surface area (Å²) in [5, 5.41) is 13.1. The first kappa shape index (κ1) is 12.3. The van der Waals surface area contributed by atoms with Gasteiger partial charge in [0, 0.05) is 26.2 Å². The van der Waals surface area contributed by atoms with Crippen LogP contribution in [0, 0.1) is 0 Å². The van der Waals surface area contributed by atoms with Crippen LogP contribution in [0.15, 0.2) is 18.2 Å². The number of aliphatic hydroxyl groups is 1. The molecule has 4 nitrogen and oxygen atoms in total. The number of hydrogen-bond donors (Lipinski definition) is 2. The number of β-amino-alcohol motifs (C(OH)–C–C–N with tert-alkyl or cyclic N) is 1. The smallest absolute Gasteiger partial charge is 0.126 e. The van der Waals surface area contributed by atoms with Crippen molar-refractivity contribution in [3.05, 3.63) is 23.9 Å². The third-order valence-corrected chi connectivity index (χ3v) is 3.08. The Kier molecular flexibility index (Phi) is 3.64. The highest BCUT2D eigenvalue weighted by molar-refractivity contribution is 5.35. The highest BCUT2D eigenvalue weighted by Crippen LogP contribution is 2.21. The van der Waals surface area contributed by atoms with E-state index < -0.39 is 5.60 Å². The molecule has 1 aromatic heterocycles. The van der Waals surface area contributed by atoms with Crippen LogP contribution in [0.25, 0.3) is 0 Å². The average molecular weight is 235 g/mol. The molecule has 2 heterocycles. The Balaban J connectivity index is 1.97. The molecule has 0 amide bonds. The first-order chi connectivity index (χ1) is 8.09. The minimum Gasteiger partial charge on any atom is -0.389 e. The van der Waals surface area contributed by atoms with Crippen molar-refractivity contribution in [2.45, 2.75) is 32.4 Å². The van der Waals surface area contributed by atoms with E-state index in [2.05, 4.69) is 22.1 Å². The molecule has 2 N–H and O–H groups in total. The van der Waals surface area contributed by atoms with E-state index in [0.717, 1.165) is 44.1 Å². The number of aromatic nitrogens is 1. The monoisotopic (exact) mass is 235 g/mol. The van der Waals surface area contributed by atoms with Crippen LogP contribution in [0.2, 0.25) is 0 Å². The highest BCUT2D eigenvalue weighted by atomic mass is 16.3. The molecule has 17 heavy (non-hydrogen) atoms. The zero-order valence-corrected chi connectivity index (χ0v) is 10.6. The molecule has 4 heteroatoms. The van der Waals surface area contributed by atoms with Gasteiger partial charge < -0.3 is 10.4 Å². The van der Waals surface area contributed by atoms with Gasteiger partial charge in [-0.15, -0.1) is 0 Å². The normalized spacial score (nSPS) is 25.1. The van der Waals surface area contributed by atoms with Gasteiger partial charge >= 0.3 is 0 Å². The molecule has 0 radical (unpaired) electrons. The summed E-state index contributed by atoms with van der Waals surface area (Å²) in [6.45, 7) is 7.34. The molecule has 1 aliphatic rings. The number of likely N-dealkylation sites (tertiary alicyclic amines) is 1. The number of rotatable bonds is 4. The number of pyridine rings is 1. The van der Waals surface area contributed by atoms with Crippen molar-refractivity contribution in [2.75, 3.05) is 25.0 Å². The molecule has 94 valence electrons. The summed E-state index contributed by atoms with van der Waals surface area (Å²) in [6.07, 6.45) is 0.847. The molecule has 1 fully saturated rings. The van der Waals surface area contributed by atoms with Crippen molar-refractivity contribution in [2.24, 2.45) is 0 Å². The van der Waals surface area contributed by atoms with E-state index in [9.17, 15) is 5.11 Å². The molecule has 1 unspecified atom stereocenters. The molecular formula is C13H21N3O. The van der Waals surface area contributed by atoms with E-state index >= 15 is 0 Å². The zero-order chi connectivity index (χ0) is 12.3. The summed E-state index contributed by atoms with van der Waals surface area (Å²) in [5.74, 6) is 0.927. The van der Waals surface area contributed by atoms with Crippen molar-refractivity contribution in [3.63, 3.8) is 0 Å². The second-order valence-corrected chi connectivity index (χ2v) is 5.00. The van der Waals surface area contributed by atoms with Crippen molar-refractivity contribution >= 4 is 5.82 Å². The summed E-state index contributed by atoms with van der Waals surface area (Å²) >= 11 is 0. The molecule has 2 rings (SSSR count). The van der Waals surface area contributed by atoms with Gasteiger partial charge in [-0.2, -0.15) is 0 Å². The van der Waals surface area contributed by atoms with E-state index in [1.807, 2.05) is 25.1 Å². The van der Waals surface area contributed by atoms with Crippen molar-refractivity contribution < 1.29 is 5.11 Å². The third kappa shape index (κ3) is 3.41. The van der Waals surface area contributed by atoms with Crippen LogP contribution in [-0.4, -0.2) is 40.2 Å². The fourth-order valence-electron chi connectivity index (χ4n) is 2.25. The van der Waals surface area contributed by atoms with Crippen LogP contribution in [-0.2, 0) is 6.54 Å². The van der Waals surface area contributed by atoms with Crippen molar-refractivity contribution in [1.29, 1.82) is 0 Å². The number of hydrogen-bond acceptors (Lipinski definition) is 4. The van der Waals surface area contributed by atoms with Gasteiger partial charge in [-0.1, -0.05) is 6.07 Å². The quantitative estimate of drug-likeness (QED) is 0.829. The molecule has 0 bridgehead atoms. The van der Waals surface area contributed by atoms with Crippen LogP contribution in [0.5, 0.6) is 0 Å². The molecule has 1 aliphatic heterocycles. The van der Waals surface area contributed by atoms with E-state index in [0.29, 0.717) is 0 Å². The standard InChI is InChI=1S/C13H21N3O/c1-3-14-12-6-4-5-11(15-12)9-16-8-7-13(2,17)10-16/h4-6,17H,3,7-10H2,1-2H3,(H,14,15). The van der Waals surface area contributed by atoms with E-state index in [-0.39, 0.29) is 0 Å². The fourth-order valence-corrected chi connectivity index (χ4v) is 2.25. The average Bonchev–Trinajstić information content (AvgIpc) is 2.59. The van der Waals surface area contributed by atoms with Crippen LogP contribution in [0.1, 0.15) is 26.0 Å². The summed E-state index contributed by atoms with van der Waals surface area (Å²) in [5.41, 5.74) is 0.528. The second-order valence-electron chi connectivity index (χ2n) is 5.00. The Morgan fingerprint density at radius 1 is 1.53 bits per heavy atom. The largest absolute Gasteiger partial charge is 0.389 e. The predicted molar refractivity (Wildman–Crippen MR) is 68.9 cm³/mol. The van der Waals surface area contributed by atoms with E-state index in [1.165, 1.54) is 0 Å². The van der Waals surface area contributed by atoms with Gasteiger partial charge in [-0.05, 0) is 32.4 Å². The summed E-state index contributed by atoms with van der Waals surface area (Å²) in [4.78, 5) is 6.79. The minimum absolute atomic E-state index is 0.528. The van der Waals surface area contributed by atoms with E-state index in [1.54, 1.807) is 0 Å². The van der Waals surface area contributed by atoms with Crippen LogP contribution in [0.3, 0.4) is 0 Å². The SMILES string of the molecule is CCNc1cccc(CN2CCC(C)(O)C2)n1. The van der Waals surface area contributed by atoms with E-state index in [4.69, 9.17) is 0 Å². The molecule has 0 spiro atoms. The summed E-state index contributed by atoms with van der Waals surface area (Å²) in [7, 11) is 0. The third-order valence-electron chi connectivity index (χ3n) is 3.08. The molecular weight excluding hydrogens is 214 g/mol. The van der Waals surface area contributed by atoms with Gasteiger partial charge in [-0.25, -0.2) is 4.98 Å². The summed E-state index contributed by atoms with van der Waals surface area (Å²) < 4.78 is 0. The Morgan fingerprint density at radius 2 is 2.35 bits per heavy atom. The maximum Gasteiger partial charge on any atom is 0.126 e. The molecule has 0 aromatic carbocycles. The Bertz CT molecular complexity index is 379. The fraction of sp³-hybridized carbons (Fsp3) is 0.615. The summed E-state index contributed by atoms with van der Waals surface area (Å²) in [6, 6.07) is 6.04. The Hall–Kier alpha value is -1.13. The van der Waals surface area contributed by atoms with Gasteiger partial charge in [0.25, 0.3) is 0 Å². The molecule has 1 aromatic rings. The van der Waals surface area contributed by atoms with Gasteiger partial charge in [0.05, 0.1) is 11.3 Å². The topological polar surface area (TPSA) is 48.4 Å². The maximum atomic E-state index is 9.91. The van der Waals surface area contributed by atoms with Crippen molar-refractivity contribution in [3.8, 4) is 0 Å². The van der Waals surface area contributed by atoms with Crippen LogP contribution < -0.4 is 5.32 Å². The highest BCUT2D eigenvalue weighted by Gasteiger charge is 2.31. The number of nitrogens with one attached hydrogen (secondary N) is 1. The van der Waals surface area contributed by atoms with Gasteiger partial charge in [0.1, 0.15) is 5.82 Å². The van der Waals surface area contributed by atoms with Crippen molar-refractivity contribution in [1.82, 2.24) is 9.88 Å². The Morgan fingerprint density at radius 3 is 3.00 bits per heavy atom. The minimum atomic E-state index is -0.528.